The van der Waals surface area contributed by atoms with Gasteiger partial charge < -0.3 is 10.2 Å². The Kier molecular flexibility index (Phi) is 5.07. The van der Waals surface area contributed by atoms with Crippen molar-refractivity contribution in [3.63, 3.8) is 0 Å². The van der Waals surface area contributed by atoms with E-state index in [1.165, 1.54) is 11.3 Å². The molecule has 0 aliphatic rings. The molecule has 1 heterocycles. The standard InChI is InChI=1S/C16H22N4/c1-4-17-10-14-11-19-16(12-18-14)20(5-2)15-9-7-6-8-13(15)3/h6-9,11-12,17H,4-5,10H2,1-3H3. The van der Waals surface area contributed by atoms with Gasteiger partial charge in [-0.05, 0) is 32.0 Å². The predicted molar refractivity (Wildman–Crippen MR) is 83.3 cm³/mol. The van der Waals surface area contributed by atoms with Crippen LogP contribution in [0.25, 0.3) is 0 Å². The fraction of sp³-hybridized carbons (Fsp3) is 0.375. The van der Waals surface area contributed by atoms with Gasteiger partial charge in [-0.3, -0.25) is 4.98 Å². The molecule has 4 heteroatoms. The molecule has 0 unspecified atom stereocenters. The van der Waals surface area contributed by atoms with Crippen molar-refractivity contribution in [3.05, 3.63) is 47.9 Å². The number of anilines is 2. The summed E-state index contributed by atoms with van der Waals surface area (Å²) in [5, 5.41) is 3.25. The molecule has 20 heavy (non-hydrogen) atoms. The van der Waals surface area contributed by atoms with Crippen LogP contribution in [0.15, 0.2) is 36.7 Å². The molecule has 4 nitrogen and oxygen atoms in total. The van der Waals surface area contributed by atoms with Gasteiger partial charge in [-0.25, -0.2) is 4.98 Å². The van der Waals surface area contributed by atoms with Gasteiger partial charge in [0.15, 0.2) is 5.82 Å². The van der Waals surface area contributed by atoms with Gasteiger partial charge in [0, 0.05) is 18.8 Å². The number of benzene rings is 1. The first kappa shape index (κ1) is 14.5. The maximum Gasteiger partial charge on any atom is 0.151 e. The van der Waals surface area contributed by atoms with Gasteiger partial charge in [-0.1, -0.05) is 25.1 Å². The molecule has 0 aliphatic heterocycles. The largest absolute Gasteiger partial charge is 0.325 e. The van der Waals surface area contributed by atoms with Crippen LogP contribution < -0.4 is 10.2 Å². The first-order valence-electron chi connectivity index (χ1n) is 7.11. The lowest BCUT2D eigenvalue weighted by Crippen LogP contribution is -2.19. The van der Waals surface area contributed by atoms with E-state index < -0.39 is 0 Å². The van der Waals surface area contributed by atoms with Gasteiger partial charge in [-0.15, -0.1) is 0 Å². The number of hydrogen-bond acceptors (Lipinski definition) is 4. The second-order valence-corrected chi connectivity index (χ2v) is 4.68. The highest BCUT2D eigenvalue weighted by Gasteiger charge is 2.10. The average Bonchev–Trinajstić information content (AvgIpc) is 2.49. The van der Waals surface area contributed by atoms with Crippen molar-refractivity contribution in [2.45, 2.75) is 27.3 Å². The molecule has 0 fully saturated rings. The maximum atomic E-state index is 4.54. The van der Waals surface area contributed by atoms with Crippen LogP contribution in [0.3, 0.4) is 0 Å². The molecule has 0 saturated heterocycles. The lowest BCUT2D eigenvalue weighted by Gasteiger charge is -2.23. The molecule has 1 aromatic carbocycles. The number of nitrogens with one attached hydrogen (secondary N) is 1. The van der Waals surface area contributed by atoms with Crippen molar-refractivity contribution in [1.29, 1.82) is 0 Å². The Hall–Kier alpha value is -1.94. The minimum atomic E-state index is 0.764. The number of nitrogens with zero attached hydrogens (tertiary/aromatic N) is 3. The summed E-state index contributed by atoms with van der Waals surface area (Å²) >= 11 is 0. The second kappa shape index (κ2) is 7.01. The second-order valence-electron chi connectivity index (χ2n) is 4.68. The number of aromatic nitrogens is 2. The zero-order valence-corrected chi connectivity index (χ0v) is 12.4. The third-order valence-electron chi connectivity index (χ3n) is 3.25. The highest BCUT2D eigenvalue weighted by atomic mass is 15.2. The molecular weight excluding hydrogens is 248 g/mol. The topological polar surface area (TPSA) is 41.1 Å². The van der Waals surface area contributed by atoms with Crippen LogP contribution in [0.2, 0.25) is 0 Å². The van der Waals surface area contributed by atoms with E-state index in [4.69, 9.17) is 0 Å². The van der Waals surface area contributed by atoms with E-state index in [9.17, 15) is 0 Å². The van der Waals surface area contributed by atoms with Gasteiger partial charge in [0.05, 0.1) is 18.1 Å². The van der Waals surface area contributed by atoms with Crippen LogP contribution in [0.1, 0.15) is 25.1 Å². The van der Waals surface area contributed by atoms with Crippen LogP contribution in [-0.4, -0.2) is 23.1 Å². The normalized spacial score (nSPS) is 10.6. The SMILES string of the molecule is CCNCc1cnc(N(CC)c2ccccc2C)cn1. The Labute approximate surface area is 120 Å². The van der Waals surface area contributed by atoms with Gasteiger partial charge >= 0.3 is 0 Å². The van der Waals surface area contributed by atoms with E-state index in [-0.39, 0.29) is 0 Å². The van der Waals surface area contributed by atoms with Crippen molar-refractivity contribution in [1.82, 2.24) is 15.3 Å². The lowest BCUT2D eigenvalue weighted by molar-refractivity contribution is 0.706. The summed E-state index contributed by atoms with van der Waals surface area (Å²) in [6, 6.07) is 8.34. The van der Waals surface area contributed by atoms with Crippen molar-refractivity contribution in [2.75, 3.05) is 18.0 Å². The predicted octanol–water partition coefficient (Wildman–Crippen LogP) is 3.05. The molecule has 0 aliphatic carbocycles. The Morgan fingerprint density at radius 3 is 2.50 bits per heavy atom. The van der Waals surface area contributed by atoms with Crippen LogP contribution in [0, 0.1) is 6.92 Å². The number of hydrogen-bond donors (Lipinski definition) is 1. The average molecular weight is 270 g/mol. The monoisotopic (exact) mass is 270 g/mol. The van der Waals surface area contributed by atoms with Crippen molar-refractivity contribution >= 4 is 11.5 Å². The van der Waals surface area contributed by atoms with Crippen LogP contribution in [-0.2, 0) is 6.54 Å². The zero-order chi connectivity index (χ0) is 14.4. The molecule has 0 radical (unpaired) electrons. The van der Waals surface area contributed by atoms with E-state index in [1.54, 1.807) is 0 Å². The van der Waals surface area contributed by atoms with Crippen LogP contribution in [0.4, 0.5) is 11.5 Å². The van der Waals surface area contributed by atoms with E-state index in [0.717, 1.165) is 31.1 Å². The Balaban J connectivity index is 2.22. The van der Waals surface area contributed by atoms with E-state index >= 15 is 0 Å². The first-order valence-corrected chi connectivity index (χ1v) is 7.11. The Morgan fingerprint density at radius 2 is 1.90 bits per heavy atom. The molecule has 0 bridgehead atoms. The fourth-order valence-electron chi connectivity index (χ4n) is 2.15. The summed E-state index contributed by atoms with van der Waals surface area (Å²) in [5.74, 6) is 0.891. The number of aryl methyl sites for hydroxylation is 1. The molecule has 0 atom stereocenters. The summed E-state index contributed by atoms with van der Waals surface area (Å²) in [6.07, 6.45) is 3.70. The molecular formula is C16H22N4. The van der Waals surface area contributed by atoms with Gasteiger partial charge in [0.2, 0.25) is 0 Å². The van der Waals surface area contributed by atoms with Crippen molar-refractivity contribution in [3.8, 4) is 0 Å². The smallest absolute Gasteiger partial charge is 0.151 e. The molecule has 106 valence electrons. The Morgan fingerprint density at radius 1 is 1.10 bits per heavy atom. The van der Waals surface area contributed by atoms with Crippen molar-refractivity contribution in [2.24, 2.45) is 0 Å². The third kappa shape index (κ3) is 3.33. The van der Waals surface area contributed by atoms with Gasteiger partial charge in [0.1, 0.15) is 0 Å². The minimum Gasteiger partial charge on any atom is -0.325 e. The van der Waals surface area contributed by atoms with Crippen molar-refractivity contribution < 1.29 is 0 Å². The van der Waals surface area contributed by atoms with Gasteiger partial charge in [-0.2, -0.15) is 0 Å². The maximum absolute atomic E-state index is 4.54. The summed E-state index contributed by atoms with van der Waals surface area (Å²) < 4.78 is 0. The highest BCUT2D eigenvalue weighted by Crippen LogP contribution is 2.25. The number of para-hydroxylation sites is 1. The summed E-state index contributed by atoms with van der Waals surface area (Å²) in [6.45, 7) is 8.89. The Bertz CT molecular complexity index is 536. The van der Waals surface area contributed by atoms with E-state index in [2.05, 4.69) is 65.2 Å². The molecule has 2 rings (SSSR count). The summed E-state index contributed by atoms with van der Waals surface area (Å²) in [4.78, 5) is 11.2. The highest BCUT2D eigenvalue weighted by molar-refractivity contribution is 5.62. The molecule has 1 N–H and O–H groups in total. The molecule has 0 amide bonds. The number of rotatable bonds is 6. The van der Waals surface area contributed by atoms with E-state index in [0.29, 0.717) is 0 Å². The molecule has 0 saturated carbocycles. The molecule has 1 aromatic heterocycles. The first-order chi connectivity index (χ1) is 9.76. The van der Waals surface area contributed by atoms with Gasteiger partial charge in [0.25, 0.3) is 0 Å². The van der Waals surface area contributed by atoms with Crippen LogP contribution >= 0.6 is 0 Å². The van der Waals surface area contributed by atoms with Crippen LogP contribution in [0.5, 0.6) is 0 Å². The molecule has 2 aromatic rings. The summed E-state index contributed by atoms with van der Waals surface area (Å²) in [5.41, 5.74) is 3.40. The van der Waals surface area contributed by atoms with E-state index in [1.807, 2.05) is 12.4 Å². The zero-order valence-electron chi connectivity index (χ0n) is 12.4. The molecule has 0 spiro atoms. The minimum absolute atomic E-state index is 0.764. The fourth-order valence-corrected chi connectivity index (χ4v) is 2.15. The third-order valence-corrected chi connectivity index (χ3v) is 3.25. The quantitative estimate of drug-likeness (QED) is 0.876. The lowest BCUT2D eigenvalue weighted by atomic mass is 10.2. The summed E-state index contributed by atoms with van der Waals surface area (Å²) in [7, 11) is 0.